The van der Waals surface area contributed by atoms with E-state index in [-0.39, 0.29) is 11.9 Å². The molecule has 1 fully saturated rings. The van der Waals surface area contributed by atoms with Crippen LogP contribution in [0.25, 0.3) is 10.6 Å². The van der Waals surface area contributed by atoms with Crippen molar-refractivity contribution in [3.8, 4) is 10.6 Å². The summed E-state index contributed by atoms with van der Waals surface area (Å²) in [6.45, 7) is 3.78. The zero-order valence-corrected chi connectivity index (χ0v) is 18.7. The highest BCUT2D eigenvalue weighted by Crippen LogP contribution is 2.29. The lowest BCUT2D eigenvalue weighted by atomic mass is 10.2. The van der Waals surface area contributed by atoms with E-state index in [4.69, 9.17) is 11.6 Å². The van der Waals surface area contributed by atoms with Gasteiger partial charge in [0.05, 0.1) is 5.69 Å². The topological polar surface area (TPSA) is 74.3 Å². The summed E-state index contributed by atoms with van der Waals surface area (Å²) < 4.78 is 0. The molecule has 1 aliphatic rings. The molecule has 3 aromatic rings. The molecule has 1 aliphatic heterocycles. The van der Waals surface area contributed by atoms with Gasteiger partial charge in [-0.25, -0.2) is 9.78 Å². The van der Waals surface area contributed by atoms with Crippen LogP contribution in [0.1, 0.15) is 33.8 Å². The number of hydrogen-bond acceptors (Lipinski definition) is 4. The molecule has 2 heterocycles. The number of hydrogen-bond donors (Lipinski definition) is 2. The Balaban J connectivity index is 1.39. The first-order valence-electron chi connectivity index (χ1n) is 10.2. The van der Waals surface area contributed by atoms with Gasteiger partial charge in [-0.2, -0.15) is 0 Å². The maximum Gasteiger partial charge on any atom is 0.321 e. The number of anilines is 1. The zero-order chi connectivity index (χ0) is 21.8. The molecule has 0 bridgehead atoms. The highest BCUT2D eigenvalue weighted by Gasteiger charge is 2.18. The largest absolute Gasteiger partial charge is 0.347 e. The summed E-state index contributed by atoms with van der Waals surface area (Å²) in [6, 6.07) is 14.9. The molecule has 1 aromatic heterocycles. The number of amides is 3. The third-order valence-corrected chi connectivity index (χ3v) is 6.54. The first kappa shape index (κ1) is 21.3. The Morgan fingerprint density at radius 1 is 1.13 bits per heavy atom. The molecule has 0 radical (unpaired) electrons. The number of nitrogens with one attached hydrogen (secondary N) is 2. The maximum absolute atomic E-state index is 12.7. The van der Waals surface area contributed by atoms with Gasteiger partial charge in [0.15, 0.2) is 0 Å². The number of nitrogens with zero attached hydrogens (tertiary/aromatic N) is 2. The van der Waals surface area contributed by atoms with E-state index in [1.165, 1.54) is 11.3 Å². The van der Waals surface area contributed by atoms with E-state index in [0.717, 1.165) is 47.8 Å². The second kappa shape index (κ2) is 9.49. The molecular weight excluding hydrogens is 432 g/mol. The number of carbonyl (C=O) groups is 2. The van der Waals surface area contributed by atoms with Crippen LogP contribution in [-0.2, 0) is 6.54 Å². The van der Waals surface area contributed by atoms with E-state index < -0.39 is 0 Å². The van der Waals surface area contributed by atoms with Gasteiger partial charge in [0.25, 0.3) is 5.91 Å². The molecule has 4 rings (SSSR count). The van der Waals surface area contributed by atoms with Crippen LogP contribution in [0.2, 0.25) is 5.02 Å². The van der Waals surface area contributed by atoms with Crippen LogP contribution in [0, 0.1) is 6.92 Å². The average Bonchev–Trinajstić information content (AvgIpc) is 3.42. The molecule has 1 saturated heterocycles. The standard InChI is InChI=1S/C23H23ClN4O2S/c1-15-20(31-22(26-15)17-7-5-8-18(24)13-17)21(29)25-14-16-6-4-9-19(12-16)27-23(30)28-10-2-3-11-28/h4-9,12-13H,2-3,10-11,14H2,1H3,(H,25,29)(H,27,30). The SMILES string of the molecule is Cc1nc(-c2cccc(Cl)c2)sc1C(=O)NCc1cccc(NC(=O)N2CCCC2)c1. The second-order valence-corrected chi connectivity index (χ2v) is 8.89. The minimum atomic E-state index is -0.171. The van der Waals surface area contributed by atoms with Gasteiger partial charge in [-0.05, 0) is 49.6 Å². The molecule has 2 N–H and O–H groups in total. The van der Waals surface area contributed by atoms with Crippen molar-refractivity contribution in [1.82, 2.24) is 15.2 Å². The summed E-state index contributed by atoms with van der Waals surface area (Å²) in [7, 11) is 0. The van der Waals surface area contributed by atoms with Crippen molar-refractivity contribution < 1.29 is 9.59 Å². The molecule has 0 saturated carbocycles. The molecule has 2 aromatic carbocycles. The van der Waals surface area contributed by atoms with Crippen molar-refractivity contribution in [2.45, 2.75) is 26.3 Å². The van der Waals surface area contributed by atoms with Gasteiger partial charge in [-0.15, -0.1) is 11.3 Å². The van der Waals surface area contributed by atoms with E-state index in [1.54, 1.807) is 6.07 Å². The predicted octanol–water partition coefficient (Wildman–Crippen LogP) is 5.33. The number of urea groups is 1. The number of aryl methyl sites for hydroxylation is 1. The summed E-state index contributed by atoms with van der Waals surface area (Å²) >= 11 is 7.42. The molecule has 3 amide bonds. The lowest BCUT2D eigenvalue weighted by Gasteiger charge is -2.16. The van der Waals surface area contributed by atoms with Crippen LogP contribution in [0.15, 0.2) is 48.5 Å². The molecule has 8 heteroatoms. The molecule has 160 valence electrons. The van der Waals surface area contributed by atoms with Gasteiger partial charge in [0.1, 0.15) is 9.88 Å². The summed E-state index contributed by atoms with van der Waals surface area (Å²) in [5.74, 6) is -0.171. The van der Waals surface area contributed by atoms with Crippen molar-refractivity contribution in [2.75, 3.05) is 18.4 Å². The third kappa shape index (κ3) is 5.24. The van der Waals surface area contributed by atoms with Crippen molar-refractivity contribution in [1.29, 1.82) is 0 Å². The van der Waals surface area contributed by atoms with Gasteiger partial charge in [-0.1, -0.05) is 35.9 Å². The zero-order valence-electron chi connectivity index (χ0n) is 17.2. The van der Waals surface area contributed by atoms with E-state index in [1.807, 2.05) is 54.3 Å². The van der Waals surface area contributed by atoms with Crippen LogP contribution in [-0.4, -0.2) is 34.9 Å². The Morgan fingerprint density at radius 3 is 2.68 bits per heavy atom. The number of aromatic nitrogens is 1. The van der Waals surface area contributed by atoms with Gasteiger partial charge in [-0.3, -0.25) is 4.79 Å². The summed E-state index contributed by atoms with van der Waals surface area (Å²) in [6.07, 6.45) is 2.10. The smallest absolute Gasteiger partial charge is 0.321 e. The monoisotopic (exact) mass is 454 g/mol. The summed E-state index contributed by atoms with van der Waals surface area (Å²) in [5.41, 5.74) is 3.20. The molecule has 31 heavy (non-hydrogen) atoms. The first-order chi connectivity index (χ1) is 15.0. The third-order valence-electron chi connectivity index (χ3n) is 5.10. The van der Waals surface area contributed by atoms with E-state index in [0.29, 0.717) is 22.1 Å². The van der Waals surface area contributed by atoms with Crippen molar-refractivity contribution >= 4 is 40.6 Å². The van der Waals surface area contributed by atoms with Crippen LogP contribution >= 0.6 is 22.9 Å². The normalized spacial score (nSPS) is 13.3. The number of likely N-dealkylation sites (tertiary alicyclic amines) is 1. The van der Waals surface area contributed by atoms with Crippen molar-refractivity contribution in [3.63, 3.8) is 0 Å². The van der Waals surface area contributed by atoms with E-state index in [9.17, 15) is 9.59 Å². The van der Waals surface area contributed by atoms with Gasteiger partial charge in [0, 0.05) is 35.9 Å². The Labute approximate surface area is 190 Å². The number of rotatable bonds is 5. The number of thiazole rings is 1. The van der Waals surface area contributed by atoms with E-state index >= 15 is 0 Å². The van der Waals surface area contributed by atoms with Gasteiger partial charge >= 0.3 is 6.03 Å². The number of halogens is 1. The minimum absolute atomic E-state index is 0.0764. The minimum Gasteiger partial charge on any atom is -0.347 e. The number of carbonyl (C=O) groups excluding carboxylic acids is 2. The Kier molecular flexibility index (Phi) is 6.53. The fourth-order valence-electron chi connectivity index (χ4n) is 3.50. The lowest BCUT2D eigenvalue weighted by Crippen LogP contribution is -2.32. The second-order valence-electron chi connectivity index (χ2n) is 7.45. The molecule has 0 atom stereocenters. The van der Waals surface area contributed by atoms with Crippen LogP contribution in [0.5, 0.6) is 0 Å². The maximum atomic E-state index is 12.7. The molecule has 0 unspecified atom stereocenters. The molecular formula is C23H23ClN4O2S. The van der Waals surface area contributed by atoms with E-state index in [2.05, 4.69) is 15.6 Å². The van der Waals surface area contributed by atoms with Crippen LogP contribution in [0.4, 0.5) is 10.5 Å². The molecule has 0 aliphatic carbocycles. The van der Waals surface area contributed by atoms with Gasteiger partial charge < -0.3 is 15.5 Å². The fourth-order valence-corrected chi connectivity index (χ4v) is 4.67. The first-order valence-corrected chi connectivity index (χ1v) is 11.4. The quantitative estimate of drug-likeness (QED) is 0.547. The van der Waals surface area contributed by atoms with Gasteiger partial charge in [0.2, 0.25) is 0 Å². The van der Waals surface area contributed by atoms with Crippen LogP contribution in [0.3, 0.4) is 0 Å². The Bertz CT molecular complexity index is 1110. The average molecular weight is 455 g/mol. The fraction of sp³-hybridized carbons (Fsp3) is 0.261. The van der Waals surface area contributed by atoms with Crippen molar-refractivity contribution in [3.05, 3.63) is 69.7 Å². The summed E-state index contributed by atoms with van der Waals surface area (Å²) in [5, 5.41) is 7.28. The van der Waals surface area contributed by atoms with Crippen molar-refractivity contribution in [2.24, 2.45) is 0 Å². The Hall–Kier alpha value is -2.90. The predicted molar refractivity (Wildman–Crippen MR) is 125 cm³/mol. The lowest BCUT2D eigenvalue weighted by molar-refractivity contribution is 0.0954. The Morgan fingerprint density at radius 2 is 1.90 bits per heavy atom. The number of benzene rings is 2. The van der Waals surface area contributed by atoms with Crippen LogP contribution < -0.4 is 10.6 Å². The highest BCUT2D eigenvalue weighted by atomic mass is 35.5. The molecule has 6 nitrogen and oxygen atoms in total. The molecule has 0 spiro atoms. The highest BCUT2D eigenvalue weighted by molar-refractivity contribution is 7.17. The summed E-state index contributed by atoms with van der Waals surface area (Å²) in [4.78, 5) is 32.0.